The van der Waals surface area contributed by atoms with E-state index >= 15 is 0 Å². The first-order valence-electron chi connectivity index (χ1n) is 7.53. The monoisotopic (exact) mass is 399 g/mol. The molecule has 0 saturated carbocycles. The molecule has 0 heterocycles. The van der Waals surface area contributed by atoms with E-state index in [1.54, 1.807) is 30.3 Å². The zero-order valence-electron chi connectivity index (χ0n) is 13.1. The Kier molecular flexibility index (Phi) is 7.12. The Bertz CT molecular complexity index is 763. The van der Waals surface area contributed by atoms with Crippen molar-refractivity contribution in [2.75, 3.05) is 0 Å². The number of nitrogens with one attached hydrogen (secondary N) is 1. The molecular weight excluding hydrogens is 385 g/mol. The minimum absolute atomic E-state index is 0.0909. The molecule has 0 aliphatic carbocycles. The molecule has 0 fully saturated rings. The van der Waals surface area contributed by atoms with Gasteiger partial charge in [0, 0.05) is 11.1 Å². The van der Waals surface area contributed by atoms with Crippen LogP contribution in [0.1, 0.15) is 17.5 Å². The molecule has 0 bridgehead atoms. The minimum atomic E-state index is -0.978. The Hall–Kier alpha value is -1.75. The zero-order chi connectivity index (χ0) is 18.4. The van der Waals surface area contributed by atoms with E-state index in [1.165, 1.54) is 0 Å². The van der Waals surface area contributed by atoms with E-state index in [0.29, 0.717) is 27.1 Å². The van der Waals surface area contributed by atoms with E-state index in [2.05, 4.69) is 5.32 Å². The van der Waals surface area contributed by atoms with Crippen molar-refractivity contribution in [3.8, 4) is 0 Å². The standard InChI is InChI=1S/C18H16Cl3NO3/c19-13-4-1-11(2-5-13)7-14(10-18(24)25)22-17(23)9-12-3-6-15(20)16(21)8-12/h1-6,8,14H,7,9-10H2,(H,22,23)(H,24,25)/t14-/m0/s1. The van der Waals surface area contributed by atoms with Crippen LogP contribution in [-0.4, -0.2) is 23.0 Å². The molecule has 0 unspecified atom stereocenters. The average molecular weight is 401 g/mol. The fraction of sp³-hybridized carbons (Fsp3) is 0.222. The van der Waals surface area contributed by atoms with Gasteiger partial charge in [-0.15, -0.1) is 0 Å². The number of benzene rings is 2. The Morgan fingerprint density at radius 3 is 2.20 bits per heavy atom. The fourth-order valence-electron chi connectivity index (χ4n) is 2.40. The van der Waals surface area contributed by atoms with Crippen LogP contribution in [0.5, 0.6) is 0 Å². The largest absolute Gasteiger partial charge is 0.481 e. The van der Waals surface area contributed by atoms with Crippen molar-refractivity contribution < 1.29 is 14.7 Å². The van der Waals surface area contributed by atoms with Crippen LogP contribution in [-0.2, 0) is 22.4 Å². The number of carboxylic acid groups (broad SMARTS) is 1. The second-order valence-electron chi connectivity index (χ2n) is 5.62. The lowest BCUT2D eigenvalue weighted by Gasteiger charge is -2.17. The molecule has 7 heteroatoms. The van der Waals surface area contributed by atoms with Crippen LogP contribution >= 0.6 is 34.8 Å². The van der Waals surface area contributed by atoms with Gasteiger partial charge in [-0.05, 0) is 41.8 Å². The third-order valence-electron chi connectivity index (χ3n) is 3.53. The predicted octanol–water partition coefficient (Wildman–Crippen LogP) is 4.39. The molecule has 25 heavy (non-hydrogen) atoms. The van der Waals surface area contributed by atoms with Gasteiger partial charge in [-0.1, -0.05) is 53.0 Å². The molecule has 0 spiro atoms. The highest BCUT2D eigenvalue weighted by atomic mass is 35.5. The molecule has 4 nitrogen and oxygen atoms in total. The number of carbonyl (C=O) groups excluding carboxylic acids is 1. The number of amides is 1. The maximum Gasteiger partial charge on any atom is 0.305 e. The van der Waals surface area contributed by atoms with Crippen molar-refractivity contribution in [3.05, 3.63) is 68.7 Å². The first kappa shape index (κ1) is 19.6. The molecule has 0 aromatic heterocycles. The molecule has 0 radical (unpaired) electrons. The fourth-order valence-corrected chi connectivity index (χ4v) is 2.85. The number of carbonyl (C=O) groups is 2. The van der Waals surface area contributed by atoms with Crippen molar-refractivity contribution in [2.45, 2.75) is 25.3 Å². The van der Waals surface area contributed by atoms with E-state index in [9.17, 15) is 9.59 Å². The third kappa shape index (κ3) is 6.58. The van der Waals surface area contributed by atoms with Gasteiger partial charge in [-0.3, -0.25) is 9.59 Å². The normalized spacial score (nSPS) is 11.8. The van der Waals surface area contributed by atoms with Gasteiger partial charge in [0.25, 0.3) is 0 Å². The van der Waals surface area contributed by atoms with E-state index in [-0.39, 0.29) is 18.7 Å². The molecule has 1 amide bonds. The van der Waals surface area contributed by atoms with Crippen LogP contribution in [0.4, 0.5) is 0 Å². The maximum absolute atomic E-state index is 12.2. The molecule has 1 atom stereocenters. The highest BCUT2D eigenvalue weighted by Crippen LogP contribution is 2.22. The average Bonchev–Trinajstić information content (AvgIpc) is 2.52. The summed E-state index contributed by atoms with van der Waals surface area (Å²) in [6.07, 6.45) is 0.319. The van der Waals surface area contributed by atoms with Gasteiger partial charge in [0.15, 0.2) is 0 Å². The molecular formula is C18H16Cl3NO3. The van der Waals surface area contributed by atoms with Gasteiger partial charge in [0.05, 0.1) is 22.9 Å². The number of halogens is 3. The van der Waals surface area contributed by atoms with Gasteiger partial charge >= 0.3 is 5.97 Å². The van der Waals surface area contributed by atoms with Crippen LogP contribution < -0.4 is 5.32 Å². The summed E-state index contributed by atoms with van der Waals surface area (Å²) in [5.74, 6) is -1.26. The second kappa shape index (κ2) is 9.09. The lowest BCUT2D eigenvalue weighted by Crippen LogP contribution is -2.38. The van der Waals surface area contributed by atoms with E-state index in [4.69, 9.17) is 39.9 Å². The van der Waals surface area contributed by atoms with Crippen molar-refractivity contribution >= 4 is 46.7 Å². The van der Waals surface area contributed by atoms with Gasteiger partial charge in [-0.25, -0.2) is 0 Å². The smallest absolute Gasteiger partial charge is 0.305 e. The third-order valence-corrected chi connectivity index (χ3v) is 4.52. The van der Waals surface area contributed by atoms with Crippen LogP contribution in [0.15, 0.2) is 42.5 Å². The van der Waals surface area contributed by atoms with Crippen molar-refractivity contribution in [3.63, 3.8) is 0 Å². The number of carboxylic acids is 1. The summed E-state index contributed by atoms with van der Waals surface area (Å²) in [5.41, 5.74) is 1.60. The predicted molar refractivity (Wildman–Crippen MR) is 99.5 cm³/mol. The van der Waals surface area contributed by atoms with E-state index in [0.717, 1.165) is 5.56 Å². The molecule has 0 aliphatic rings. The summed E-state index contributed by atoms with van der Waals surface area (Å²) in [6, 6.07) is 11.5. The van der Waals surface area contributed by atoms with Crippen LogP contribution in [0, 0.1) is 0 Å². The highest BCUT2D eigenvalue weighted by molar-refractivity contribution is 6.42. The second-order valence-corrected chi connectivity index (χ2v) is 6.87. The van der Waals surface area contributed by atoms with Crippen molar-refractivity contribution in [2.24, 2.45) is 0 Å². The molecule has 2 N–H and O–H groups in total. The Morgan fingerprint density at radius 1 is 0.960 bits per heavy atom. The Balaban J connectivity index is 2.02. The van der Waals surface area contributed by atoms with Crippen molar-refractivity contribution in [1.29, 1.82) is 0 Å². The quantitative estimate of drug-likeness (QED) is 0.724. The van der Waals surface area contributed by atoms with E-state index in [1.807, 2.05) is 12.1 Å². The Morgan fingerprint density at radius 2 is 1.60 bits per heavy atom. The van der Waals surface area contributed by atoms with E-state index < -0.39 is 12.0 Å². The molecule has 0 saturated heterocycles. The van der Waals surface area contributed by atoms with Crippen LogP contribution in [0.2, 0.25) is 15.1 Å². The number of aliphatic carboxylic acids is 1. The number of rotatable bonds is 7. The first-order valence-corrected chi connectivity index (χ1v) is 8.66. The molecule has 132 valence electrons. The summed E-state index contributed by atoms with van der Waals surface area (Å²) in [6.45, 7) is 0. The SMILES string of the molecule is O=C(O)C[C@H](Cc1ccc(Cl)cc1)NC(=O)Cc1ccc(Cl)c(Cl)c1. The summed E-state index contributed by atoms with van der Waals surface area (Å²) in [5, 5.41) is 13.2. The van der Waals surface area contributed by atoms with Gasteiger partial charge in [0.1, 0.15) is 0 Å². The summed E-state index contributed by atoms with van der Waals surface area (Å²) < 4.78 is 0. The molecule has 0 aliphatic heterocycles. The van der Waals surface area contributed by atoms with Crippen LogP contribution in [0.25, 0.3) is 0 Å². The summed E-state index contributed by atoms with van der Waals surface area (Å²) >= 11 is 17.6. The summed E-state index contributed by atoms with van der Waals surface area (Å²) in [7, 11) is 0. The lowest BCUT2D eigenvalue weighted by molar-refractivity contribution is -0.137. The molecule has 2 aromatic rings. The Labute approximate surface area is 160 Å². The first-order chi connectivity index (χ1) is 11.8. The molecule has 2 aromatic carbocycles. The maximum atomic E-state index is 12.2. The molecule has 2 rings (SSSR count). The van der Waals surface area contributed by atoms with Crippen molar-refractivity contribution in [1.82, 2.24) is 5.32 Å². The van der Waals surface area contributed by atoms with Crippen LogP contribution in [0.3, 0.4) is 0 Å². The lowest BCUT2D eigenvalue weighted by atomic mass is 10.0. The number of hydrogen-bond acceptors (Lipinski definition) is 2. The van der Waals surface area contributed by atoms with Gasteiger partial charge in [0.2, 0.25) is 5.91 Å². The van der Waals surface area contributed by atoms with Gasteiger partial charge in [-0.2, -0.15) is 0 Å². The highest BCUT2D eigenvalue weighted by Gasteiger charge is 2.17. The summed E-state index contributed by atoms with van der Waals surface area (Å²) in [4.78, 5) is 23.3. The number of hydrogen-bond donors (Lipinski definition) is 2. The van der Waals surface area contributed by atoms with Gasteiger partial charge < -0.3 is 10.4 Å². The zero-order valence-corrected chi connectivity index (χ0v) is 15.4. The topological polar surface area (TPSA) is 66.4 Å². The minimum Gasteiger partial charge on any atom is -0.481 e.